The molecular weight excluding hydrogens is 441 g/mol. The summed E-state index contributed by atoms with van der Waals surface area (Å²) < 4.78 is 49.0. The fourth-order valence-electron chi connectivity index (χ4n) is 3.58. The summed E-state index contributed by atoms with van der Waals surface area (Å²) in [5.41, 5.74) is 2.45. The second kappa shape index (κ2) is 9.33. The van der Waals surface area contributed by atoms with E-state index in [-0.39, 0.29) is 5.82 Å². The predicted molar refractivity (Wildman–Crippen MR) is 127 cm³/mol. The fourth-order valence-corrected chi connectivity index (χ4v) is 4.49. The summed E-state index contributed by atoms with van der Waals surface area (Å²) in [5, 5.41) is 4.72. The lowest BCUT2D eigenvalue weighted by Crippen LogP contribution is -2.42. The van der Waals surface area contributed by atoms with Gasteiger partial charge in [0.2, 0.25) is 10.0 Å². The van der Waals surface area contributed by atoms with Crippen LogP contribution in [0, 0.1) is 5.82 Å². The quantitative estimate of drug-likeness (QED) is 0.396. The van der Waals surface area contributed by atoms with Gasteiger partial charge in [0.25, 0.3) is 0 Å². The van der Waals surface area contributed by atoms with Gasteiger partial charge in [0, 0.05) is 5.39 Å². The second-order valence-electron chi connectivity index (χ2n) is 8.20. The standard InChI is InChI=1S/C25H26FN3O3S/c1-17(2)33(30,31)28-18(3)25(19-7-5-4-6-8-19)32-23-13-14-24-20(15-23)16-27-29(24)22-11-9-21(26)10-12-22/h4-18,25,28H,1-3H3/t18-,25+/m0/s1. The van der Waals surface area contributed by atoms with Gasteiger partial charge in [0.05, 0.1) is 28.7 Å². The Hall–Kier alpha value is -3.23. The van der Waals surface area contributed by atoms with Crippen molar-refractivity contribution >= 4 is 20.9 Å². The highest BCUT2D eigenvalue weighted by Crippen LogP contribution is 2.29. The normalized spacial score (nSPS) is 13.8. The van der Waals surface area contributed by atoms with E-state index in [0.29, 0.717) is 5.75 Å². The number of benzene rings is 3. The molecule has 4 aromatic rings. The Morgan fingerprint density at radius 1 is 0.970 bits per heavy atom. The van der Waals surface area contributed by atoms with E-state index in [1.165, 1.54) is 12.1 Å². The summed E-state index contributed by atoms with van der Waals surface area (Å²) in [5.74, 6) is 0.283. The van der Waals surface area contributed by atoms with Gasteiger partial charge in [-0.05, 0) is 68.8 Å². The van der Waals surface area contributed by atoms with Crippen LogP contribution in [0.2, 0.25) is 0 Å². The molecule has 0 radical (unpaired) electrons. The number of sulfonamides is 1. The van der Waals surface area contributed by atoms with Crippen molar-refractivity contribution in [2.45, 2.75) is 38.2 Å². The first-order chi connectivity index (χ1) is 15.7. The average molecular weight is 468 g/mol. The number of ether oxygens (including phenoxy) is 1. The minimum Gasteiger partial charge on any atom is -0.484 e. The smallest absolute Gasteiger partial charge is 0.214 e. The zero-order chi connectivity index (χ0) is 23.6. The average Bonchev–Trinajstić information content (AvgIpc) is 3.21. The highest BCUT2D eigenvalue weighted by molar-refractivity contribution is 7.90. The molecule has 172 valence electrons. The molecule has 8 heteroatoms. The van der Waals surface area contributed by atoms with E-state index in [2.05, 4.69) is 9.82 Å². The van der Waals surface area contributed by atoms with Crippen LogP contribution in [0.3, 0.4) is 0 Å². The van der Waals surface area contributed by atoms with Crippen LogP contribution in [0.15, 0.2) is 79.0 Å². The van der Waals surface area contributed by atoms with Gasteiger partial charge in [-0.25, -0.2) is 22.2 Å². The number of hydrogen-bond donors (Lipinski definition) is 1. The van der Waals surface area contributed by atoms with E-state index >= 15 is 0 Å². The summed E-state index contributed by atoms with van der Waals surface area (Å²) in [6.45, 7) is 5.07. The van der Waals surface area contributed by atoms with E-state index in [0.717, 1.165) is 22.2 Å². The van der Waals surface area contributed by atoms with Crippen LogP contribution in [0.4, 0.5) is 4.39 Å². The molecule has 0 saturated carbocycles. The van der Waals surface area contributed by atoms with Crippen molar-refractivity contribution in [2.75, 3.05) is 0 Å². The topological polar surface area (TPSA) is 73.2 Å². The third kappa shape index (κ3) is 5.07. The van der Waals surface area contributed by atoms with E-state index in [1.807, 2.05) is 48.5 Å². The van der Waals surface area contributed by atoms with Gasteiger partial charge in [0.15, 0.2) is 0 Å². The number of fused-ring (bicyclic) bond motifs is 1. The Kier molecular flexibility index (Phi) is 6.49. The van der Waals surface area contributed by atoms with Crippen molar-refractivity contribution < 1.29 is 17.5 Å². The molecule has 1 aromatic heterocycles. The van der Waals surface area contributed by atoms with Crippen LogP contribution in [0.25, 0.3) is 16.6 Å². The molecule has 6 nitrogen and oxygen atoms in total. The number of aromatic nitrogens is 2. The van der Waals surface area contributed by atoms with Crippen molar-refractivity contribution in [1.29, 1.82) is 0 Å². The van der Waals surface area contributed by atoms with Crippen molar-refractivity contribution in [1.82, 2.24) is 14.5 Å². The van der Waals surface area contributed by atoms with E-state index < -0.39 is 27.4 Å². The van der Waals surface area contributed by atoms with Gasteiger partial charge < -0.3 is 4.74 Å². The van der Waals surface area contributed by atoms with Crippen LogP contribution in [-0.4, -0.2) is 29.5 Å². The fraction of sp³-hybridized carbons (Fsp3) is 0.240. The van der Waals surface area contributed by atoms with Gasteiger partial charge in [-0.15, -0.1) is 0 Å². The minimum absolute atomic E-state index is 0.305. The third-order valence-electron chi connectivity index (χ3n) is 5.43. The lowest BCUT2D eigenvalue weighted by molar-refractivity contribution is 0.173. The van der Waals surface area contributed by atoms with E-state index in [4.69, 9.17) is 4.74 Å². The van der Waals surface area contributed by atoms with Crippen LogP contribution in [0.5, 0.6) is 5.75 Å². The molecule has 1 heterocycles. The number of rotatable bonds is 8. The van der Waals surface area contributed by atoms with Gasteiger partial charge in [-0.1, -0.05) is 30.3 Å². The Morgan fingerprint density at radius 3 is 2.33 bits per heavy atom. The Morgan fingerprint density at radius 2 is 1.67 bits per heavy atom. The lowest BCUT2D eigenvalue weighted by Gasteiger charge is -2.27. The second-order valence-corrected chi connectivity index (χ2v) is 10.5. The Labute approximate surface area is 193 Å². The zero-order valence-electron chi connectivity index (χ0n) is 18.6. The van der Waals surface area contributed by atoms with Crippen molar-refractivity contribution in [2.24, 2.45) is 0 Å². The summed E-state index contributed by atoms with van der Waals surface area (Å²) in [6.07, 6.45) is 1.18. The molecule has 0 bridgehead atoms. The lowest BCUT2D eigenvalue weighted by atomic mass is 10.0. The monoisotopic (exact) mass is 467 g/mol. The molecule has 3 aromatic carbocycles. The number of nitrogens with zero attached hydrogens (tertiary/aromatic N) is 2. The maximum Gasteiger partial charge on any atom is 0.214 e. The van der Waals surface area contributed by atoms with Crippen LogP contribution < -0.4 is 9.46 Å². The van der Waals surface area contributed by atoms with Gasteiger partial charge in [-0.2, -0.15) is 5.10 Å². The van der Waals surface area contributed by atoms with Gasteiger partial charge in [-0.3, -0.25) is 0 Å². The Bertz CT molecular complexity index is 1340. The Balaban J connectivity index is 1.64. The number of hydrogen-bond acceptors (Lipinski definition) is 4. The molecular formula is C25H26FN3O3S. The highest BCUT2D eigenvalue weighted by atomic mass is 32.2. The molecule has 2 atom stereocenters. The molecule has 0 spiro atoms. The molecule has 0 aliphatic heterocycles. The largest absolute Gasteiger partial charge is 0.484 e. The summed E-state index contributed by atoms with van der Waals surface area (Å²) in [7, 11) is -3.48. The molecule has 0 saturated heterocycles. The van der Waals surface area contributed by atoms with Crippen LogP contribution in [0.1, 0.15) is 32.4 Å². The molecule has 0 fully saturated rings. The molecule has 33 heavy (non-hydrogen) atoms. The first kappa shape index (κ1) is 22.9. The molecule has 0 amide bonds. The van der Waals surface area contributed by atoms with Gasteiger partial charge >= 0.3 is 0 Å². The first-order valence-corrected chi connectivity index (χ1v) is 12.3. The van der Waals surface area contributed by atoms with E-state index in [9.17, 15) is 12.8 Å². The number of nitrogens with one attached hydrogen (secondary N) is 1. The maximum atomic E-state index is 13.3. The van der Waals surface area contributed by atoms with Crippen molar-refractivity contribution in [3.05, 3.63) is 90.4 Å². The molecule has 0 aliphatic rings. The van der Waals surface area contributed by atoms with Gasteiger partial charge in [0.1, 0.15) is 17.7 Å². The molecule has 0 aliphatic carbocycles. The predicted octanol–water partition coefficient (Wildman–Crippen LogP) is 5.00. The third-order valence-corrected chi connectivity index (χ3v) is 7.37. The maximum absolute atomic E-state index is 13.3. The highest BCUT2D eigenvalue weighted by Gasteiger charge is 2.27. The first-order valence-electron chi connectivity index (χ1n) is 10.7. The molecule has 1 N–H and O–H groups in total. The molecule has 4 rings (SSSR count). The SMILES string of the molecule is CC(C)S(=O)(=O)N[C@@H](C)[C@@H](Oc1ccc2c(cnn2-c2ccc(F)cc2)c1)c1ccccc1. The number of halogens is 1. The summed E-state index contributed by atoms with van der Waals surface area (Å²) in [4.78, 5) is 0. The van der Waals surface area contributed by atoms with Crippen LogP contribution >= 0.6 is 0 Å². The van der Waals surface area contributed by atoms with E-state index in [1.54, 1.807) is 43.8 Å². The van der Waals surface area contributed by atoms with Crippen LogP contribution in [-0.2, 0) is 10.0 Å². The molecule has 0 unspecified atom stereocenters. The summed E-state index contributed by atoms with van der Waals surface area (Å²) in [6, 6.07) is 20.7. The minimum atomic E-state index is -3.48. The summed E-state index contributed by atoms with van der Waals surface area (Å²) >= 11 is 0. The zero-order valence-corrected chi connectivity index (χ0v) is 19.5. The van der Waals surface area contributed by atoms with Crippen molar-refractivity contribution in [3.8, 4) is 11.4 Å². The van der Waals surface area contributed by atoms with Crippen molar-refractivity contribution in [3.63, 3.8) is 0 Å².